The van der Waals surface area contributed by atoms with Gasteiger partial charge in [-0.2, -0.15) is 0 Å². The van der Waals surface area contributed by atoms with Crippen LogP contribution in [0.3, 0.4) is 0 Å². The highest BCUT2D eigenvalue weighted by molar-refractivity contribution is 9.11. The van der Waals surface area contributed by atoms with Gasteiger partial charge < -0.3 is 5.32 Å². The van der Waals surface area contributed by atoms with Crippen LogP contribution in [-0.4, -0.2) is 11.5 Å². The van der Waals surface area contributed by atoms with Crippen LogP contribution in [0.5, 0.6) is 0 Å². The molecule has 0 fully saturated rings. The number of nitrogens with one attached hydrogen (secondary N) is 1. The molecule has 0 aliphatic heterocycles. The van der Waals surface area contributed by atoms with Crippen LogP contribution in [0.2, 0.25) is 0 Å². The zero-order chi connectivity index (χ0) is 14.0. The van der Waals surface area contributed by atoms with Crippen LogP contribution in [0.25, 0.3) is 9.88 Å². The molecule has 5 heteroatoms. The number of thiazole rings is 1. The lowest BCUT2D eigenvalue weighted by Gasteiger charge is -2.17. The second-order valence-electron chi connectivity index (χ2n) is 5.42. The van der Waals surface area contributed by atoms with Crippen molar-refractivity contribution < 1.29 is 0 Å². The van der Waals surface area contributed by atoms with E-state index in [1.54, 1.807) is 11.3 Å². The van der Waals surface area contributed by atoms with Crippen molar-refractivity contribution in [1.82, 2.24) is 10.3 Å². The van der Waals surface area contributed by atoms with Gasteiger partial charge in [0.1, 0.15) is 5.01 Å². The zero-order valence-corrected chi connectivity index (χ0v) is 14.9. The van der Waals surface area contributed by atoms with E-state index in [0.29, 0.717) is 0 Å². The maximum atomic E-state index is 4.89. The highest BCUT2D eigenvalue weighted by Crippen LogP contribution is 2.38. The molecule has 0 spiro atoms. The minimum Gasteiger partial charge on any atom is -0.312 e. The molecule has 0 aliphatic carbocycles. The molecule has 0 amide bonds. The predicted octanol–water partition coefficient (Wildman–Crippen LogP) is 5.04. The van der Waals surface area contributed by atoms with Crippen LogP contribution < -0.4 is 5.32 Å². The van der Waals surface area contributed by atoms with E-state index >= 15 is 0 Å². The summed E-state index contributed by atoms with van der Waals surface area (Å²) < 4.78 is 1.16. The third-order valence-electron chi connectivity index (χ3n) is 2.73. The minimum absolute atomic E-state index is 0.0913. The molecular weight excluding hydrogens is 340 g/mol. The molecule has 2 nitrogen and oxygen atoms in total. The van der Waals surface area contributed by atoms with Crippen LogP contribution in [0.4, 0.5) is 0 Å². The Bertz CT molecular complexity index is 552. The van der Waals surface area contributed by atoms with E-state index in [1.807, 2.05) is 11.3 Å². The largest absolute Gasteiger partial charge is 0.312 e. The van der Waals surface area contributed by atoms with Gasteiger partial charge in [0.2, 0.25) is 0 Å². The van der Waals surface area contributed by atoms with Crippen molar-refractivity contribution >= 4 is 38.6 Å². The lowest BCUT2D eigenvalue weighted by atomic mass is 9.91. The number of nitrogens with zero attached hydrogens (tertiary/aromatic N) is 1. The molecule has 0 saturated carbocycles. The van der Waals surface area contributed by atoms with E-state index in [0.717, 1.165) is 21.9 Å². The molecule has 0 aliphatic rings. The van der Waals surface area contributed by atoms with Gasteiger partial charge in [0.05, 0.1) is 14.4 Å². The summed E-state index contributed by atoms with van der Waals surface area (Å²) in [7, 11) is 0. The first-order valence-corrected chi connectivity index (χ1v) is 8.81. The fourth-order valence-electron chi connectivity index (χ4n) is 1.83. The van der Waals surface area contributed by atoms with E-state index in [2.05, 4.69) is 61.1 Å². The van der Waals surface area contributed by atoms with Crippen LogP contribution in [-0.2, 0) is 12.0 Å². The van der Waals surface area contributed by atoms with Crippen LogP contribution in [0.1, 0.15) is 38.3 Å². The quantitative estimate of drug-likeness (QED) is 0.827. The predicted molar refractivity (Wildman–Crippen MR) is 89.2 cm³/mol. The number of thiophene rings is 1. The molecule has 2 aromatic rings. The maximum Gasteiger partial charge on any atom is 0.134 e. The normalized spacial score (nSPS) is 12.1. The average molecular weight is 359 g/mol. The number of hydrogen-bond acceptors (Lipinski definition) is 4. The molecule has 2 rings (SSSR count). The zero-order valence-electron chi connectivity index (χ0n) is 11.7. The first-order valence-electron chi connectivity index (χ1n) is 6.38. The molecule has 0 saturated heterocycles. The van der Waals surface area contributed by atoms with Gasteiger partial charge in [-0.25, -0.2) is 4.98 Å². The molecule has 0 unspecified atom stereocenters. The smallest absolute Gasteiger partial charge is 0.134 e. The summed E-state index contributed by atoms with van der Waals surface area (Å²) in [5, 5.41) is 4.54. The van der Waals surface area contributed by atoms with E-state index in [1.165, 1.54) is 15.4 Å². The average Bonchev–Trinajstić information content (AvgIpc) is 2.91. The van der Waals surface area contributed by atoms with Crippen LogP contribution >= 0.6 is 38.6 Å². The third-order valence-corrected chi connectivity index (χ3v) is 5.58. The van der Waals surface area contributed by atoms with Gasteiger partial charge in [0.15, 0.2) is 0 Å². The lowest BCUT2D eigenvalue weighted by Crippen LogP contribution is -2.18. The standard InChI is InChI=1S/C14H19BrN2S2/c1-5-16-8-10-12(14(2,3)4)17-13(19-10)9-6-7-11(15)18-9/h6-7,16H,5,8H2,1-4H3. The lowest BCUT2D eigenvalue weighted by molar-refractivity contribution is 0.561. The Hall–Kier alpha value is -0.230. The van der Waals surface area contributed by atoms with E-state index in [9.17, 15) is 0 Å². The van der Waals surface area contributed by atoms with E-state index in [-0.39, 0.29) is 5.41 Å². The Morgan fingerprint density at radius 3 is 2.53 bits per heavy atom. The first-order chi connectivity index (χ1) is 8.91. The Morgan fingerprint density at radius 1 is 1.26 bits per heavy atom. The fraction of sp³-hybridized carbons (Fsp3) is 0.500. The summed E-state index contributed by atoms with van der Waals surface area (Å²) in [4.78, 5) is 7.48. The number of hydrogen-bond donors (Lipinski definition) is 1. The fourth-order valence-corrected chi connectivity index (χ4v) is 4.51. The number of rotatable bonds is 4. The second kappa shape index (κ2) is 6.04. The number of aromatic nitrogens is 1. The monoisotopic (exact) mass is 358 g/mol. The van der Waals surface area contributed by atoms with Gasteiger partial charge >= 0.3 is 0 Å². The van der Waals surface area contributed by atoms with Crippen molar-refractivity contribution in [3.05, 3.63) is 26.5 Å². The van der Waals surface area contributed by atoms with Crippen molar-refractivity contribution in [2.45, 2.75) is 39.7 Å². The van der Waals surface area contributed by atoms with E-state index in [4.69, 9.17) is 4.98 Å². The Morgan fingerprint density at radius 2 is 2.00 bits per heavy atom. The summed E-state index contributed by atoms with van der Waals surface area (Å²) in [6.07, 6.45) is 0. The maximum absolute atomic E-state index is 4.89. The highest BCUT2D eigenvalue weighted by Gasteiger charge is 2.23. The van der Waals surface area contributed by atoms with Crippen molar-refractivity contribution in [2.75, 3.05) is 6.54 Å². The molecule has 2 heterocycles. The van der Waals surface area contributed by atoms with Crippen molar-refractivity contribution in [3.8, 4) is 9.88 Å². The highest BCUT2D eigenvalue weighted by atomic mass is 79.9. The molecule has 0 bridgehead atoms. The summed E-state index contributed by atoms with van der Waals surface area (Å²) >= 11 is 7.07. The Labute approximate surface area is 131 Å². The van der Waals surface area contributed by atoms with Gasteiger partial charge in [-0.05, 0) is 34.6 Å². The van der Waals surface area contributed by atoms with Gasteiger partial charge in [0.25, 0.3) is 0 Å². The minimum atomic E-state index is 0.0913. The number of halogens is 1. The second-order valence-corrected chi connectivity index (χ2v) is 8.97. The summed E-state index contributed by atoms with van der Waals surface area (Å²) in [6, 6.07) is 4.22. The van der Waals surface area contributed by atoms with Crippen LogP contribution in [0.15, 0.2) is 15.9 Å². The summed E-state index contributed by atoms with van der Waals surface area (Å²) in [5.74, 6) is 0. The SMILES string of the molecule is CCNCc1sc(-c2ccc(Br)s2)nc1C(C)(C)C. The molecule has 0 atom stereocenters. The molecule has 0 aromatic carbocycles. The molecular formula is C14H19BrN2S2. The van der Waals surface area contributed by atoms with Crippen LogP contribution in [0, 0.1) is 0 Å². The molecule has 19 heavy (non-hydrogen) atoms. The van der Waals surface area contributed by atoms with Crippen molar-refractivity contribution in [3.63, 3.8) is 0 Å². The molecule has 104 valence electrons. The first kappa shape index (κ1) is 15.2. The Kier molecular flexibility index (Phi) is 4.82. The summed E-state index contributed by atoms with van der Waals surface area (Å²) in [5.41, 5.74) is 1.31. The third kappa shape index (κ3) is 3.66. The van der Waals surface area contributed by atoms with E-state index < -0.39 is 0 Å². The molecule has 0 radical (unpaired) electrons. The molecule has 2 aromatic heterocycles. The van der Waals surface area contributed by atoms with Gasteiger partial charge in [-0.3, -0.25) is 0 Å². The van der Waals surface area contributed by atoms with Crippen molar-refractivity contribution in [1.29, 1.82) is 0 Å². The Balaban J connectivity index is 2.39. The van der Waals surface area contributed by atoms with Crippen molar-refractivity contribution in [2.24, 2.45) is 0 Å². The van der Waals surface area contributed by atoms with Gasteiger partial charge in [-0.1, -0.05) is 27.7 Å². The van der Waals surface area contributed by atoms with Gasteiger partial charge in [-0.15, -0.1) is 22.7 Å². The topological polar surface area (TPSA) is 24.9 Å². The van der Waals surface area contributed by atoms with Gasteiger partial charge in [0, 0.05) is 16.8 Å². The summed E-state index contributed by atoms with van der Waals surface area (Å²) in [6.45, 7) is 10.7. The molecule has 1 N–H and O–H groups in total.